The molecule has 124 valence electrons. The number of aromatic nitrogens is 1. The van der Waals surface area contributed by atoms with Crippen molar-refractivity contribution >= 4 is 0 Å². The highest BCUT2D eigenvalue weighted by atomic mass is 19.4. The van der Waals surface area contributed by atoms with Crippen LogP contribution in [0.5, 0.6) is 0 Å². The van der Waals surface area contributed by atoms with E-state index in [1.807, 2.05) is 18.2 Å². The highest BCUT2D eigenvalue weighted by Crippen LogP contribution is 2.31. The summed E-state index contributed by atoms with van der Waals surface area (Å²) in [6, 6.07) is 11.0. The van der Waals surface area contributed by atoms with E-state index in [4.69, 9.17) is 0 Å². The van der Waals surface area contributed by atoms with Gasteiger partial charge in [-0.05, 0) is 36.1 Å². The second kappa shape index (κ2) is 8.08. The number of alkyl halides is 3. The Bertz CT molecular complexity index is 602. The van der Waals surface area contributed by atoms with E-state index in [1.165, 1.54) is 12.1 Å². The second-order valence-electron chi connectivity index (χ2n) is 5.36. The predicted molar refractivity (Wildman–Crippen MR) is 81.7 cm³/mol. The summed E-state index contributed by atoms with van der Waals surface area (Å²) >= 11 is 0. The molecule has 1 atom stereocenters. The normalized spacial score (nSPS) is 13.0. The molecular weight excluding hydrogens is 305 g/mol. The van der Waals surface area contributed by atoms with Crippen LogP contribution in [0, 0.1) is 5.92 Å². The van der Waals surface area contributed by atoms with Crippen LogP contribution in [0.4, 0.5) is 13.2 Å². The molecule has 0 amide bonds. The van der Waals surface area contributed by atoms with Crippen LogP contribution in [0.25, 0.3) is 0 Å². The summed E-state index contributed by atoms with van der Waals surface area (Å²) in [6.07, 6.45) is -2.11. The monoisotopic (exact) mass is 324 g/mol. The number of pyridine rings is 1. The quantitative estimate of drug-likeness (QED) is 0.823. The third-order valence-electron chi connectivity index (χ3n) is 3.55. The van der Waals surface area contributed by atoms with Gasteiger partial charge in [-0.2, -0.15) is 13.2 Å². The van der Waals surface area contributed by atoms with Gasteiger partial charge < -0.3 is 10.4 Å². The fourth-order valence-corrected chi connectivity index (χ4v) is 2.38. The van der Waals surface area contributed by atoms with Crippen LogP contribution in [0.1, 0.15) is 16.8 Å². The van der Waals surface area contributed by atoms with E-state index in [0.717, 1.165) is 11.8 Å². The Morgan fingerprint density at radius 3 is 2.48 bits per heavy atom. The molecule has 6 heteroatoms. The van der Waals surface area contributed by atoms with Crippen molar-refractivity contribution in [3.05, 3.63) is 65.5 Å². The molecule has 0 saturated carbocycles. The minimum atomic E-state index is -4.36. The summed E-state index contributed by atoms with van der Waals surface area (Å²) in [5.74, 6) is -0.0945. The van der Waals surface area contributed by atoms with E-state index in [2.05, 4.69) is 10.3 Å². The first kappa shape index (κ1) is 17.4. The fraction of sp³-hybridized carbons (Fsp3) is 0.353. The Hall–Kier alpha value is -1.92. The van der Waals surface area contributed by atoms with Gasteiger partial charge in [0, 0.05) is 31.6 Å². The molecular formula is C17H19F3N2O. The molecule has 1 heterocycles. The van der Waals surface area contributed by atoms with Gasteiger partial charge in [0.15, 0.2) is 0 Å². The Morgan fingerprint density at radius 1 is 1.09 bits per heavy atom. The van der Waals surface area contributed by atoms with Crippen molar-refractivity contribution in [2.45, 2.75) is 19.1 Å². The SMILES string of the molecule is OCC(CNCc1ccccc1C(F)(F)F)Cc1ccccn1. The van der Waals surface area contributed by atoms with E-state index < -0.39 is 11.7 Å². The van der Waals surface area contributed by atoms with Crippen molar-refractivity contribution in [1.29, 1.82) is 0 Å². The minimum Gasteiger partial charge on any atom is -0.396 e. The molecule has 0 aliphatic rings. The number of benzene rings is 1. The van der Waals surface area contributed by atoms with Crippen LogP contribution in [-0.2, 0) is 19.1 Å². The minimum absolute atomic E-state index is 0.0511. The molecule has 23 heavy (non-hydrogen) atoms. The average molecular weight is 324 g/mol. The predicted octanol–water partition coefficient (Wildman–Crippen LogP) is 3.04. The van der Waals surface area contributed by atoms with E-state index in [0.29, 0.717) is 13.0 Å². The summed E-state index contributed by atoms with van der Waals surface area (Å²) in [7, 11) is 0. The van der Waals surface area contributed by atoms with Gasteiger partial charge in [-0.25, -0.2) is 0 Å². The first-order chi connectivity index (χ1) is 11.0. The first-order valence-corrected chi connectivity index (χ1v) is 7.37. The Morgan fingerprint density at radius 2 is 1.83 bits per heavy atom. The van der Waals surface area contributed by atoms with Crippen molar-refractivity contribution < 1.29 is 18.3 Å². The van der Waals surface area contributed by atoms with Crippen molar-refractivity contribution in [1.82, 2.24) is 10.3 Å². The van der Waals surface area contributed by atoms with Crippen molar-refractivity contribution in [2.75, 3.05) is 13.2 Å². The number of nitrogens with zero attached hydrogens (tertiary/aromatic N) is 1. The lowest BCUT2D eigenvalue weighted by Gasteiger charge is -2.17. The van der Waals surface area contributed by atoms with E-state index >= 15 is 0 Å². The highest BCUT2D eigenvalue weighted by Gasteiger charge is 2.32. The van der Waals surface area contributed by atoms with Gasteiger partial charge in [-0.3, -0.25) is 4.98 Å². The zero-order valence-corrected chi connectivity index (χ0v) is 12.6. The fourth-order valence-electron chi connectivity index (χ4n) is 2.38. The van der Waals surface area contributed by atoms with Crippen LogP contribution in [-0.4, -0.2) is 23.2 Å². The summed E-state index contributed by atoms with van der Waals surface area (Å²) in [5, 5.41) is 12.4. The maximum atomic E-state index is 12.9. The summed E-state index contributed by atoms with van der Waals surface area (Å²) in [6.45, 7) is 0.470. The largest absolute Gasteiger partial charge is 0.416 e. The summed E-state index contributed by atoms with van der Waals surface area (Å²) in [5.41, 5.74) is 0.427. The first-order valence-electron chi connectivity index (χ1n) is 7.37. The van der Waals surface area contributed by atoms with Gasteiger partial charge in [0.05, 0.1) is 5.56 Å². The molecule has 0 aliphatic heterocycles. The molecule has 0 spiro atoms. The van der Waals surface area contributed by atoms with Gasteiger partial charge in [-0.1, -0.05) is 24.3 Å². The third kappa shape index (κ3) is 5.33. The Kier molecular flexibility index (Phi) is 6.12. The second-order valence-corrected chi connectivity index (χ2v) is 5.36. The smallest absolute Gasteiger partial charge is 0.396 e. The number of aliphatic hydroxyl groups is 1. The van der Waals surface area contributed by atoms with Crippen LogP contribution in [0.15, 0.2) is 48.7 Å². The molecule has 2 aromatic rings. The molecule has 1 aromatic heterocycles. The van der Waals surface area contributed by atoms with Gasteiger partial charge in [0.25, 0.3) is 0 Å². The Balaban J connectivity index is 1.91. The van der Waals surface area contributed by atoms with Crippen molar-refractivity contribution in [3.8, 4) is 0 Å². The molecule has 0 bridgehead atoms. The number of aliphatic hydroxyl groups excluding tert-OH is 1. The molecule has 0 fully saturated rings. The van der Waals surface area contributed by atoms with Gasteiger partial charge in [-0.15, -0.1) is 0 Å². The zero-order valence-electron chi connectivity index (χ0n) is 12.6. The maximum Gasteiger partial charge on any atom is 0.416 e. The number of rotatable bonds is 7. The van der Waals surface area contributed by atoms with Gasteiger partial charge >= 0.3 is 6.18 Å². The Labute approximate surface area is 133 Å². The van der Waals surface area contributed by atoms with Crippen molar-refractivity contribution in [2.24, 2.45) is 5.92 Å². The zero-order chi connectivity index (χ0) is 16.7. The van der Waals surface area contributed by atoms with E-state index in [-0.39, 0.29) is 24.6 Å². The molecule has 2 N–H and O–H groups in total. The molecule has 2 rings (SSSR count). The standard InChI is InChI=1S/C17H19F3N2O/c18-17(19,20)16-7-2-1-5-14(16)11-21-10-13(12-23)9-15-6-3-4-8-22-15/h1-8,13,21,23H,9-12H2. The van der Waals surface area contributed by atoms with Crippen LogP contribution in [0.3, 0.4) is 0 Å². The van der Waals surface area contributed by atoms with Gasteiger partial charge in [0.1, 0.15) is 0 Å². The molecule has 1 aromatic carbocycles. The number of hydrogen-bond donors (Lipinski definition) is 2. The lowest BCUT2D eigenvalue weighted by Crippen LogP contribution is -2.27. The third-order valence-corrected chi connectivity index (χ3v) is 3.55. The molecule has 0 radical (unpaired) electrons. The van der Waals surface area contributed by atoms with E-state index in [1.54, 1.807) is 12.3 Å². The van der Waals surface area contributed by atoms with E-state index in [9.17, 15) is 18.3 Å². The summed E-state index contributed by atoms with van der Waals surface area (Å²) in [4.78, 5) is 4.19. The average Bonchev–Trinajstić information content (AvgIpc) is 2.54. The molecule has 0 aliphatic carbocycles. The summed E-state index contributed by atoms with van der Waals surface area (Å²) < 4.78 is 38.7. The van der Waals surface area contributed by atoms with Crippen LogP contribution in [0.2, 0.25) is 0 Å². The highest BCUT2D eigenvalue weighted by molar-refractivity contribution is 5.29. The molecule has 0 saturated heterocycles. The number of halogens is 3. The van der Waals surface area contributed by atoms with Crippen LogP contribution >= 0.6 is 0 Å². The van der Waals surface area contributed by atoms with Gasteiger partial charge in [0.2, 0.25) is 0 Å². The molecule has 3 nitrogen and oxygen atoms in total. The topological polar surface area (TPSA) is 45.1 Å². The van der Waals surface area contributed by atoms with Crippen LogP contribution < -0.4 is 5.32 Å². The number of nitrogens with one attached hydrogen (secondary N) is 1. The maximum absolute atomic E-state index is 12.9. The lowest BCUT2D eigenvalue weighted by atomic mass is 10.0. The lowest BCUT2D eigenvalue weighted by molar-refractivity contribution is -0.138. The number of hydrogen-bond acceptors (Lipinski definition) is 3. The molecule has 1 unspecified atom stereocenters. The van der Waals surface area contributed by atoms with Crippen molar-refractivity contribution in [3.63, 3.8) is 0 Å².